The van der Waals surface area contributed by atoms with Crippen molar-refractivity contribution < 1.29 is 28.2 Å². The number of ether oxygens (including phenoxy) is 3. The molecule has 0 spiro atoms. The molecule has 0 atom stereocenters. The maximum atomic E-state index is 13.4. The molecule has 1 aromatic heterocycles. The number of nitrogens with zero attached hydrogens (tertiary/aromatic N) is 2. The summed E-state index contributed by atoms with van der Waals surface area (Å²) in [4.78, 5) is 29.5. The van der Waals surface area contributed by atoms with Gasteiger partial charge in [-0.15, -0.1) is 0 Å². The van der Waals surface area contributed by atoms with E-state index in [-0.39, 0.29) is 38.4 Å². The highest BCUT2D eigenvalue weighted by atomic mass is 16.7. The third kappa shape index (κ3) is 6.77. The van der Waals surface area contributed by atoms with Crippen LogP contribution in [-0.4, -0.2) is 55.3 Å². The Morgan fingerprint density at radius 1 is 0.943 bits per heavy atom. The highest BCUT2D eigenvalue weighted by Crippen LogP contribution is 2.33. The summed E-state index contributed by atoms with van der Waals surface area (Å²) in [5, 5.41) is 2.89. The van der Waals surface area contributed by atoms with Crippen molar-refractivity contribution in [3.63, 3.8) is 0 Å². The minimum Gasteiger partial charge on any atom is -0.467 e. The summed E-state index contributed by atoms with van der Waals surface area (Å²) in [7, 11) is 1.56. The van der Waals surface area contributed by atoms with E-state index in [9.17, 15) is 9.59 Å². The largest absolute Gasteiger partial charge is 0.467 e. The maximum absolute atomic E-state index is 13.4. The first-order valence-corrected chi connectivity index (χ1v) is 11.4. The zero-order chi connectivity index (χ0) is 24.5. The van der Waals surface area contributed by atoms with Gasteiger partial charge in [-0.05, 0) is 35.4 Å². The van der Waals surface area contributed by atoms with Crippen LogP contribution in [-0.2, 0) is 29.2 Å². The van der Waals surface area contributed by atoms with Gasteiger partial charge >= 0.3 is 6.03 Å². The number of carbonyl (C=O) groups excluding carboxylic acids is 2. The van der Waals surface area contributed by atoms with Crippen molar-refractivity contribution in [1.29, 1.82) is 0 Å². The minimum absolute atomic E-state index is 0.102. The van der Waals surface area contributed by atoms with Gasteiger partial charge in [0.05, 0.1) is 19.4 Å². The van der Waals surface area contributed by atoms with E-state index in [0.717, 1.165) is 11.1 Å². The van der Waals surface area contributed by atoms with E-state index in [1.54, 1.807) is 24.3 Å². The van der Waals surface area contributed by atoms with Crippen LogP contribution in [0.4, 0.5) is 4.79 Å². The van der Waals surface area contributed by atoms with Crippen molar-refractivity contribution >= 4 is 11.9 Å². The molecular weight excluding hydrogens is 450 g/mol. The summed E-state index contributed by atoms with van der Waals surface area (Å²) >= 11 is 0. The molecule has 184 valence electrons. The van der Waals surface area contributed by atoms with Gasteiger partial charge in [0.1, 0.15) is 12.3 Å². The number of hydrogen-bond donors (Lipinski definition) is 1. The first-order chi connectivity index (χ1) is 17.1. The fourth-order valence-electron chi connectivity index (χ4n) is 3.69. The van der Waals surface area contributed by atoms with Gasteiger partial charge in [-0.3, -0.25) is 4.79 Å². The first kappa shape index (κ1) is 24.2. The summed E-state index contributed by atoms with van der Waals surface area (Å²) in [5.41, 5.74) is 1.85. The molecule has 35 heavy (non-hydrogen) atoms. The van der Waals surface area contributed by atoms with Crippen LogP contribution in [0.2, 0.25) is 0 Å². The minimum atomic E-state index is -0.333. The van der Waals surface area contributed by atoms with Crippen LogP contribution < -0.4 is 14.8 Å². The maximum Gasteiger partial charge on any atom is 0.318 e. The predicted molar refractivity (Wildman–Crippen MR) is 128 cm³/mol. The molecule has 1 N–H and O–H groups in total. The number of amides is 3. The van der Waals surface area contributed by atoms with E-state index in [2.05, 4.69) is 5.32 Å². The van der Waals surface area contributed by atoms with E-state index >= 15 is 0 Å². The third-order valence-electron chi connectivity index (χ3n) is 5.56. The summed E-state index contributed by atoms with van der Waals surface area (Å²) in [6.07, 6.45) is 1.57. The van der Waals surface area contributed by atoms with Crippen LogP contribution >= 0.6 is 0 Å². The van der Waals surface area contributed by atoms with Crippen LogP contribution in [0.15, 0.2) is 71.3 Å². The first-order valence-electron chi connectivity index (χ1n) is 11.4. The van der Waals surface area contributed by atoms with Gasteiger partial charge in [-0.1, -0.05) is 36.4 Å². The molecule has 0 radical (unpaired) electrons. The number of fused-ring (bicyclic) bond motifs is 1. The van der Waals surface area contributed by atoms with Crippen molar-refractivity contribution in [1.82, 2.24) is 15.1 Å². The zero-order valence-corrected chi connectivity index (χ0v) is 19.6. The van der Waals surface area contributed by atoms with Gasteiger partial charge in [0, 0.05) is 26.7 Å². The Morgan fingerprint density at radius 2 is 1.77 bits per heavy atom. The molecule has 0 unspecified atom stereocenters. The fourth-order valence-corrected chi connectivity index (χ4v) is 3.69. The van der Waals surface area contributed by atoms with E-state index in [0.29, 0.717) is 37.0 Å². The Bertz CT molecular complexity index is 1100. The summed E-state index contributed by atoms with van der Waals surface area (Å²) < 4.78 is 21.5. The summed E-state index contributed by atoms with van der Waals surface area (Å²) in [6, 6.07) is 18.5. The predicted octanol–water partition coefficient (Wildman–Crippen LogP) is 3.40. The third-order valence-corrected chi connectivity index (χ3v) is 5.56. The standard InChI is InChI=1S/C26H29N3O6/c1-32-13-11-28(26(31)27-15-20-6-3-2-4-7-20)18-25(30)29(17-22-8-5-12-33-22)16-21-9-10-23-24(14-21)35-19-34-23/h2-10,12,14H,11,13,15-19H2,1H3,(H,27,31). The van der Waals surface area contributed by atoms with Crippen molar-refractivity contribution in [2.24, 2.45) is 0 Å². The number of furan rings is 1. The van der Waals surface area contributed by atoms with Crippen molar-refractivity contribution in [2.75, 3.05) is 33.6 Å². The van der Waals surface area contributed by atoms with Gasteiger partial charge in [0.25, 0.3) is 0 Å². The molecule has 1 aliphatic rings. The van der Waals surface area contributed by atoms with Crippen LogP contribution in [0.25, 0.3) is 0 Å². The highest BCUT2D eigenvalue weighted by molar-refractivity contribution is 5.84. The lowest BCUT2D eigenvalue weighted by Crippen LogP contribution is -2.47. The average Bonchev–Trinajstić information content (AvgIpc) is 3.57. The number of methoxy groups -OCH3 is 1. The normalized spacial score (nSPS) is 11.8. The van der Waals surface area contributed by atoms with E-state index < -0.39 is 0 Å². The summed E-state index contributed by atoms with van der Waals surface area (Å²) in [5.74, 6) is 1.76. The molecule has 2 aromatic carbocycles. The summed E-state index contributed by atoms with van der Waals surface area (Å²) in [6.45, 7) is 1.62. The Labute approximate surface area is 204 Å². The molecule has 0 saturated heterocycles. The molecule has 1 aliphatic heterocycles. The zero-order valence-electron chi connectivity index (χ0n) is 19.6. The molecular formula is C26H29N3O6. The van der Waals surface area contributed by atoms with Gasteiger partial charge in [-0.2, -0.15) is 0 Å². The van der Waals surface area contributed by atoms with E-state index in [1.807, 2.05) is 54.6 Å². The highest BCUT2D eigenvalue weighted by Gasteiger charge is 2.23. The number of nitrogens with one attached hydrogen (secondary N) is 1. The second-order valence-corrected chi connectivity index (χ2v) is 8.08. The van der Waals surface area contributed by atoms with Crippen molar-refractivity contribution in [3.05, 3.63) is 83.8 Å². The number of urea groups is 1. The second-order valence-electron chi connectivity index (χ2n) is 8.08. The Balaban J connectivity index is 1.45. The molecule has 2 heterocycles. The van der Waals surface area contributed by atoms with Crippen molar-refractivity contribution in [3.8, 4) is 11.5 Å². The van der Waals surface area contributed by atoms with Gasteiger partial charge < -0.3 is 33.7 Å². The molecule has 4 rings (SSSR count). The van der Waals surface area contributed by atoms with E-state index in [1.165, 1.54) is 4.90 Å². The van der Waals surface area contributed by atoms with Gasteiger partial charge in [-0.25, -0.2) is 4.79 Å². The van der Waals surface area contributed by atoms with E-state index in [4.69, 9.17) is 18.6 Å². The molecule has 3 aromatic rings. The quantitative estimate of drug-likeness (QED) is 0.453. The lowest BCUT2D eigenvalue weighted by Gasteiger charge is -2.27. The molecule has 0 fully saturated rings. The molecule has 0 bridgehead atoms. The van der Waals surface area contributed by atoms with Crippen LogP contribution in [0.1, 0.15) is 16.9 Å². The lowest BCUT2D eigenvalue weighted by atomic mass is 10.2. The number of benzene rings is 2. The van der Waals surface area contributed by atoms with Crippen LogP contribution in [0.5, 0.6) is 11.5 Å². The number of carbonyl (C=O) groups is 2. The molecule has 3 amide bonds. The topological polar surface area (TPSA) is 93.5 Å². The smallest absolute Gasteiger partial charge is 0.318 e. The molecule has 9 heteroatoms. The molecule has 0 aliphatic carbocycles. The second kappa shape index (κ2) is 11.9. The fraction of sp³-hybridized carbons (Fsp3) is 0.308. The van der Waals surface area contributed by atoms with Crippen molar-refractivity contribution in [2.45, 2.75) is 19.6 Å². The Morgan fingerprint density at radius 3 is 2.54 bits per heavy atom. The van der Waals surface area contributed by atoms with Gasteiger partial charge in [0.15, 0.2) is 11.5 Å². The number of rotatable bonds is 11. The lowest BCUT2D eigenvalue weighted by molar-refractivity contribution is -0.133. The Kier molecular flexibility index (Phi) is 8.24. The van der Waals surface area contributed by atoms with Crippen LogP contribution in [0, 0.1) is 0 Å². The SMILES string of the molecule is COCCN(CC(=O)N(Cc1ccc2c(c1)OCO2)Cc1ccco1)C(=O)NCc1ccccc1. The number of hydrogen-bond acceptors (Lipinski definition) is 6. The average molecular weight is 480 g/mol. The molecule has 0 saturated carbocycles. The van der Waals surface area contributed by atoms with Gasteiger partial charge in [0.2, 0.25) is 12.7 Å². The molecule has 9 nitrogen and oxygen atoms in total. The monoisotopic (exact) mass is 479 g/mol. The Hall–Kier alpha value is -3.98. The van der Waals surface area contributed by atoms with Crippen LogP contribution in [0.3, 0.4) is 0 Å².